The minimum atomic E-state index is 0.644. The first-order chi connectivity index (χ1) is 6.38. The van der Waals surface area contributed by atoms with E-state index in [4.69, 9.17) is 0 Å². The molecule has 1 rings (SSSR count). The van der Waals surface area contributed by atoms with Crippen LogP contribution in [0.4, 0.5) is 0 Å². The van der Waals surface area contributed by atoms with Crippen LogP contribution in [0.5, 0.6) is 0 Å². The van der Waals surface area contributed by atoms with Crippen LogP contribution in [0.3, 0.4) is 0 Å². The summed E-state index contributed by atoms with van der Waals surface area (Å²) in [5, 5.41) is 0. The molecule has 0 radical (unpaired) electrons. The van der Waals surface area contributed by atoms with Crippen molar-refractivity contribution in [1.82, 2.24) is 0 Å². The van der Waals surface area contributed by atoms with Gasteiger partial charge in [0.05, 0.1) is 0 Å². The van der Waals surface area contributed by atoms with Crippen LogP contribution < -0.4 is 0 Å². The maximum atomic E-state index is 10.1. The molecule has 0 amide bonds. The second-order valence-electron chi connectivity index (χ2n) is 2.96. The van der Waals surface area contributed by atoms with E-state index in [1.807, 2.05) is 24.3 Å². The van der Waals surface area contributed by atoms with Crippen LogP contribution in [0.25, 0.3) is 6.08 Å². The molecule has 0 spiro atoms. The maximum absolute atomic E-state index is 10.1. The molecule has 0 aliphatic heterocycles. The number of rotatable bonds is 5. The van der Waals surface area contributed by atoms with Gasteiger partial charge in [-0.25, -0.2) is 0 Å². The van der Waals surface area contributed by atoms with Crippen molar-refractivity contribution in [1.29, 1.82) is 0 Å². The van der Waals surface area contributed by atoms with Crippen molar-refractivity contribution in [3.8, 4) is 0 Å². The lowest BCUT2D eigenvalue weighted by Gasteiger charge is -2.03. The van der Waals surface area contributed by atoms with E-state index in [0.717, 1.165) is 19.1 Å². The van der Waals surface area contributed by atoms with Gasteiger partial charge in [0.1, 0.15) is 6.29 Å². The fraction of sp³-hybridized carbons (Fsp3) is 0.250. The Morgan fingerprint density at radius 2 is 2.08 bits per heavy atom. The molecule has 0 aliphatic rings. The first kappa shape index (κ1) is 9.72. The Labute approximate surface area is 79.1 Å². The van der Waals surface area contributed by atoms with E-state index in [2.05, 4.69) is 12.6 Å². The molecule has 1 nitrogen and oxygen atoms in total. The van der Waals surface area contributed by atoms with Gasteiger partial charge >= 0.3 is 0 Å². The highest BCUT2D eigenvalue weighted by molar-refractivity contribution is 5.52. The van der Waals surface area contributed by atoms with Gasteiger partial charge in [-0.3, -0.25) is 0 Å². The third-order valence-corrected chi connectivity index (χ3v) is 2.04. The summed E-state index contributed by atoms with van der Waals surface area (Å²) >= 11 is 0. The highest BCUT2D eigenvalue weighted by Gasteiger charge is 1.96. The Morgan fingerprint density at radius 1 is 1.31 bits per heavy atom. The van der Waals surface area contributed by atoms with E-state index in [9.17, 15) is 4.79 Å². The van der Waals surface area contributed by atoms with Crippen LogP contribution in [0.15, 0.2) is 30.8 Å². The van der Waals surface area contributed by atoms with Crippen molar-refractivity contribution in [3.05, 3.63) is 42.0 Å². The summed E-state index contributed by atoms with van der Waals surface area (Å²) in [6, 6.07) is 8.15. The smallest absolute Gasteiger partial charge is 0.120 e. The molecule has 1 heteroatoms. The molecule has 0 N–H and O–H groups in total. The van der Waals surface area contributed by atoms with Gasteiger partial charge in [0.2, 0.25) is 0 Å². The van der Waals surface area contributed by atoms with Crippen molar-refractivity contribution in [2.24, 2.45) is 0 Å². The molecule has 0 aromatic heterocycles. The Hall–Kier alpha value is -1.37. The topological polar surface area (TPSA) is 17.1 Å². The molecular weight excluding hydrogens is 160 g/mol. The molecule has 0 unspecified atom stereocenters. The van der Waals surface area contributed by atoms with E-state index in [1.165, 1.54) is 11.1 Å². The molecule has 13 heavy (non-hydrogen) atoms. The Morgan fingerprint density at radius 3 is 2.77 bits per heavy atom. The zero-order chi connectivity index (χ0) is 9.52. The van der Waals surface area contributed by atoms with E-state index < -0.39 is 0 Å². The number of aryl methyl sites for hydroxylation is 1. The van der Waals surface area contributed by atoms with Crippen molar-refractivity contribution >= 4 is 12.4 Å². The van der Waals surface area contributed by atoms with Crippen LogP contribution in [-0.4, -0.2) is 6.29 Å². The predicted octanol–water partition coefficient (Wildman–Crippen LogP) is 2.85. The normalized spacial score (nSPS) is 9.54. The van der Waals surface area contributed by atoms with E-state index in [1.54, 1.807) is 0 Å². The molecule has 0 bridgehead atoms. The number of carbonyl (C=O) groups is 1. The van der Waals surface area contributed by atoms with Gasteiger partial charge < -0.3 is 4.79 Å². The average Bonchev–Trinajstić information content (AvgIpc) is 2.19. The fourth-order valence-electron chi connectivity index (χ4n) is 1.34. The molecule has 0 fully saturated rings. The fourth-order valence-corrected chi connectivity index (χ4v) is 1.34. The van der Waals surface area contributed by atoms with Crippen molar-refractivity contribution in [2.45, 2.75) is 19.3 Å². The summed E-state index contributed by atoms with van der Waals surface area (Å²) in [7, 11) is 0. The largest absolute Gasteiger partial charge is 0.303 e. The third kappa shape index (κ3) is 2.86. The van der Waals surface area contributed by atoms with Crippen LogP contribution >= 0.6 is 0 Å². The van der Waals surface area contributed by atoms with E-state index in [-0.39, 0.29) is 0 Å². The lowest BCUT2D eigenvalue weighted by atomic mass is 10.0. The van der Waals surface area contributed by atoms with Gasteiger partial charge in [-0.2, -0.15) is 0 Å². The number of aldehydes is 1. The van der Waals surface area contributed by atoms with Crippen molar-refractivity contribution in [2.75, 3.05) is 0 Å². The highest BCUT2D eigenvalue weighted by atomic mass is 16.1. The quantitative estimate of drug-likeness (QED) is 0.495. The molecule has 0 saturated heterocycles. The Bertz CT molecular complexity index is 289. The van der Waals surface area contributed by atoms with Crippen LogP contribution in [-0.2, 0) is 11.2 Å². The Balaban J connectivity index is 2.63. The van der Waals surface area contributed by atoms with Gasteiger partial charge in [0.25, 0.3) is 0 Å². The number of hydrogen-bond donors (Lipinski definition) is 0. The number of benzene rings is 1. The molecule has 68 valence electrons. The minimum Gasteiger partial charge on any atom is -0.303 e. The molecule has 0 atom stereocenters. The van der Waals surface area contributed by atoms with Gasteiger partial charge in [0.15, 0.2) is 0 Å². The molecule has 1 aromatic carbocycles. The zero-order valence-electron chi connectivity index (χ0n) is 7.70. The molecule has 0 saturated carbocycles. The number of hydrogen-bond acceptors (Lipinski definition) is 1. The molecule has 1 aromatic rings. The molecule has 0 heterocycles. The lowest BCUT2D eigenvalue weighted by molar-refractivity contribution is -0.107. The summed E-state index contributed by atoms with van der Waals surface area (Å²) in [5.74, 6) is 0. The summed E-state index contributed by atoms with van der Waals surface area (Å²) in [6.45, 7) is 3.75. The van der Waals surface area contributed by atoms with Gasteiger partial charge in [-0.1, -0.05) is 36.9 Å². The van der Waals surface area contributed by atoms with E-state index in [0.29, 0.717) is 6.42 Å². The minimum absolute atomic E-state index is 0.644. The first-order valence-corrected chi connectivity index (χ1v) is 4.52. The summed E-state index contributed by atoms with van der Waals surface area (Å²) in [4.78, 5) is 10.1. The SMILES string of the molecule is C=Cc1ccccc1CCCC=O. The van der Waals surface area contributed by atoms with Gasteiger partial charge in [0, 0.05) is 6.42 Å². The zero-order valence-corrected chi connectivity index (χ0v) is 7.70. The lowest BCUT2D eigenvalue weighted by Crippen LogP contribution is -1.89. The third-order valence-electron chi connectivity index (χ3n) is 2.04. The standard InChI is InChI=1S/C12H14O/c1-2-11-7-3-4-8-12(11)9-5-6-10-13/h2-4,7-8,10H,1,5-6,9H2. The number of carbonyl (C=O) groups excluding carboxylic acids is 1. The first-order valence-electron chi connectivity index (χ1n) is 4.52. The molecular formula is C12H14O. The van der Waals surface area contributed by atoms with Crippen molar-refractivity contribution in [3.63, 3.8) is 0 Å². The van der Waals surface area contributed by atoms with E-state index >= 15 is 0 Å². The van der Waals surface area contributed by atoms with Crippen LogP contribution in [0.1, 0.15) is 24.0 Å². The maximum Gasteiger partial charge on any atom is 0.120 e. The summed E-state index contributed by atoms with van der Waals surface area (Å²) in [5.41, 5.74) is 2.45. The second-order valence-corrected chi connectivity index (χ2v) is 2.96. The molecule has 0 aliphatic carbocycles. The highest BCUT2D eigenvalue weighted by Crippen LogP contribution is 2.12. The average molecular weight is 174 g/mol. The second kappa shape index (κ2) is 5.31. The number of unbranched alkanes of at least 4 members (excludes halogenated alkanes) is 1. The van der Waals surface area contributed by atoms with Crippen LogP contribution in [0.2, 0.25) is 0 Å². The van der Waals surface area contributed by atoms with Crippen LogP contribution in [0, 0.1) is 0 Å². The summed E-state index contributed by atoms with van der Waals surface area (Å²) in [6.07, 6.45) is 5.35. The predicted molar refractivity (Wildman–Crippen MR) is 55.5 cm³/mol. The van der Waals surface area contributed by atoms with Crippen molar-refractivity contribution < 1.29 is 4.79 Å². The van der Waals surface area contributed by atoms with Gasteiger partial charge in [-0.15, -0.1) is 0 Å². The Kier molecular flexibility index (Phi) is 3.97. The monoisotopic (exact) mass is 174 g/mol. The summed E-state index contributed by atoms with van der Waals surface area (Å²) < 4.78 is 0. The van der Waals surface area contributed by atoms with Gasteiger partial charge in [-0.05, 0) is 24.0 Å².